The zero-order valence-corrected chi connectivity index (χ0v) is 10.3. The Morgan fingerprint density at radius 2 is 2.31 bits per heavy atom. The minimum absolute atomic E-state index is 0.00964. The van der Waals surface area contributed by atoms with Gasteiger partial charge < -0.3 is 16.3 Å². The zero-order valence-electron chi connectivity index (χ0n) is 8.70. The highest BCUT2D eigenvalue weighted by Crippen LogP contribution is 2.17. The number of amides is 1. The van der Waals surface area contributed by atoms with Crippen LogP contribution in [-0.2, 0) is 0 Å². The first-order chi connectivity index (χ1) is 7.54. The Hall–Kier alpha value is -1.56. The summed E-state index contributed by atoms with van der Waals surface area (Å²) >= 11 is 3.28. The SMILES string of the molecule is Cc1ccc(Br)c(C(=O)NC/C(N)=N/O)c1. The van der Waals surface area contributed by atoms with E-state index in [-0.39, 0.29) is 18.3 Å². The quantitative estimate of drug-likeness (QED) is 0.338. The van der Waals surface area contributed by atoms with Crippen molar-refractivity contribution >= 4 is 27.7 Å². The van der Waals surface area contributed by atoms with Gasteiger partial charge in [-0.25, -0.2) is 0 Å². The molecular weight excluding hydrogens is 274 g/mol. The van der Waals surface area contributed by atoms with E-state index in [9.17, 15) is 4.79 Å². The summed E-state index contributed by atoms with van der Waals surface area (Å²) in [4.78, 5) is 11.7. The van der Waals surface area contributed by atoms with Crippen molar-refractivity contribution in [2.45, 2.75) is 6.92 Å². The fourth-order valence-electron chi connectivity index (χ4n) is 1.11. The van der Waals surface area contributed by atoms with Crippen LogP contribution >= 0.6 is 15.9 Å². The van der Waals surface area contributed by atoms with Crippen molar-refractivity contribution in [3.05, 3.63) is 33.8 Å². The lowest BCUT2D eigenvalue weighted by molar-refractivity contribution is 0.0958. The number of nitrogens with zero attached hydrogens (tertiary/aromatic N) is 1. The highest BCUT2D eigenvalue weighted by molar-refractivity contribution is 9.10. The van der Waals surface area contributed by atoms with Crippen LogP contribution in [0.2, 0.25) is 0 Å². The molecule has 0 fully saturated rings. The Morgan fingerprint density at radius 3 is 2.94 bits per heavy atom. The van der Waals surface area contributed by atoms with Gasteiger partial charge in [0, 0.05) is 4.47 Å². The Kier molecular flexibility index (Phi) is 4.30. The molecule has 5 nitrogen and oxygen atoms in total. The van der Waals surface area contributed by atoms with Gasteiger partial charge in [0.15, 0.2) is 5.84 Å². The third kappa shape index (κ3) is 3.23. The lowest BCUT2D eigenvalue weighted by Gasteiger charge is -2.06. The molecule has 0 heterocycles. The Balaban J connectivity index is 2.77. The molecule has 86 valence electrons. The van der Waals surface area contributed by atoms with Crippen molar-refractivity contribution in [2.75, 3.05) is 6.54 Å². The molecule has 0 saturated heterocycles. The number of amidine groups is 1. The number of nitrogens with two attached hydrogens (primary N) is 1. The van der Waals surface area contributed by atoms with E-state index < -0.39 is 0 Å². The van der Waals surface area contributed by atoms with Crippen LogP contribution in [0.4, 0.5) is 0 Å². The number of rotatable bonds is 3. The summed E-state index contributed by atoms with van der Waals surface area (Å²) in [6.45, 7) is 1.91. The van der Waals surface area contributed by atoms with Gasteiger partial charge in [0.1, 0.15) is 0 Å². The number of aryl methyl sites for hydroxylation is 1. The average Bonchev–Trinajstić information content (AvgIpc) is 2.28. The minimum atomic E-state index is -0.276. The average molecular weight is 286 g/mol. The van der Waals surface area contributed by atoms with E-state index >= 15 is 0 Å². The molecule has 0 aliphatic rings. The van der Waals surface area contributed by atoms with Gasteiger partial charge in [-0.15, -0.1) is 0 Å². The molecule has 0 aliphatic heterocycles. The number of hydrogen-bond donors (Lipinski definition) is 3. The Morgan fingerprint density at radius 1 is 1.62 bits per heavy atom. The van der Waals surface area contributed by atoms with Gasteiger partial charge in [-0.1, -0.05) is 16.8 Å². The summed E-state index contributed by atoms with van der Waals surface area (Å²) < 4.78 is 0.704. The lowest BCUT2D eigenvalue weighted by atomic mass is 10.1. The van der Waals surface area contributed by atoms with Crippen LogP contribution in [0.3, 0.4) is 0 Å². The monoisotopic (exact) mass is 285 g/mol. The van der Waals surface area contributed by atoms with Crippen molar-refractivity contribution in [1.29, 1.82) is 0 Å². The maximum Gasteiger partial charge on any atom is 0.252 e. The highest BCUT2D eigenvalue weighted by Gasteiger charge is 2.09. The number of carbonyl (C=O) groups excluding carboxylic acids is 1. The molecule has 0 aliphatic carbocycles. The fourth-order valence-corrected chi connectivity index (χ4v) is 1.54. The minimum Gasteiger partial charge on any atom is -0.409 e. The normalized spacial score (nSPS) is 11.2. The Bertz CT molecular complexity index is 432. The van der Waals surface area contributed by atoms with Gasteiger partial charge >= 0.3 is 0 Å². The van der Waals surface area contributed by atoms with Gasteiger partial charge in [-0.2, -0.15) is 0 Å². The van der Waals surface area contributed by atoms with E-state index in [2.05, 4.69) is 26.4 Å². The summed E-state index contributed by atoms with van der Waals surface area (Å²) in [6.07, 6.45) is 0. The molecule has 1 aromatic rings. The molecule has 0 atom stereocenters. The predicted octanol–water partition coefficient (Wildman–Crippen LogP) is 1.23. The second-order valence-corrected chi connectivity index (χ2v) is 4.11. The van der Waals surface area contributed by atoms with Crippen LogP contribution < -0.4 is 11.1 Å². The van der Waals surface area contributed by atoms with Gasteiger partial charge in [0.05, 0.1) is 12.1 Å². The predicted molar refractivity (Wildman–Crippen MR) is 64.6 cm³/mol. The van der Waals surface area contributed by atoms with Gasteiger partial charge in [-0.3, -0.25) is 4.79 Å². The van der Waals surface area contributed by atoms with Crippen molar-refractivity contribution < 1.29 is 10.0 Å². The molecule has 6 heteroatoms. The molecule has 1 aromatic carbocycles. The summed E-state index contributed by atoms with van der Waals surface area (Å²) in [5.41, 5.74) is 6.74. The number of oxime groups is 1. The van der Waals surface area contributed by atoms with Crippen LogP contribution in [-0.4, -0.2) is 23.5 Å². The summed E-state index contributed by atoms with van der Waals surface area (Å²) in [5.74, 6) is -0.320. The van der Waals surface area contributed by atoms with E-state index in [1.54, 1.807) is 12.1 Å². The van der Waals surface area contributed by atoms with Crippen LogP contribution in [0, 0.1) is 6.92 Å². The van der Waals surface area contributed by atoms with Gasteiger partial charge in [0.2, 0.25) is 0 Å². The lowest BCUT2D eigenvalue weighted by Crippen LogP contribution is -2.33. The standard InChI is InChI=1S/C10H12BrN3O2/c1-6-2-3-8(11)7(4-6)10(15)13-5-9(12)14-16/h2-4,16H,5H2,1H3,(H2,12,14)(H,13,15). The molecule has 0 spiro atoms. The third-order valence-corrected chi connectivity index (χ3v) is 2.62. The topological polar surface area (TPSA) is 87.7 Å². The number of halogens is 1. The van der Waals surface area contributed by atoms with Crippen LogP contribution in [0.5, 0.6) is 0 Å². The fraction of sp³-hybridized carbons (Fsp3) is 0.200. The Labute approximate surface area is 101 Å². The third-order valence-electron chi connectivity index (χ3n) is 1.92. The number of nitrogens with one attached hydrogen (secondary N) is 1. The van der Waals surface area contributed by atoms with Gasteiger partial charge in [-0.05, 0) is 35.0 Å². The molecular formula is C10H12BrN3O2. The van der Waals surface area contributed by atoms with E-state index in [1.165, 1.54) is 0 Å². The summed E-state index contributed by atoms with van der Waals surface area (Å²) in [5, 5.41) is 13.6. The molecule has 1 amide bonds. The maximum absolute atomic E-state index is 11.7. The van der Waals surface area contributed by atoms with E-state index in [0.29, 0.717) is 10.0 Å². The molecule has 1 rings (SSSR count). The molecule has 0 unspecified atom stereocenters. The first kappa shape index (κ1) is 12.5. The molecule has 4 N–H and O–H groups in total. The zero-order chi connectivity index (χ0) is 12.1. The van der Waals surface area contributed by atoms with Crippen molar-refractivity contribution in [3.8, 4) is 0 Å². The van der Waals surface area contributed by atoms with E-state index in [1.807, 2.05) is 13.0 Å². The summed E-state index contributed by atoms with van der Waals surface area (Å²) in [6, 6.07) is 5.45. The van der Waals surface area contributed by atoms with E-state index in [0.717, 1.165) is 5.56 Å². The first-order valence-corrected chi connectivity index (χ1v) is 5.34. The van der Waals surface area contributed by atoms with E-state index in [4.69, 9.17) is 10.9 Å². The van der Waals surface area contributed by atoms with Crippen molar-refractivity contribution in [1.82, 2.24) is 5.32 Å². The number of hydrogen-bond acceptors (Lipinski definition) is 3. The molecule has 0 aromatic heterocycles. The molecule has 0 bridgehead atoms. The number of carbonyl (C=O) groups is 1. The highest BCUT2D eigenvalue weighted by atomic mass is 79.9. The largest absolute Gasteiger partial charge is 0.409 e. The summed E-state index contributed by atoms with van der Waals surface area (Å²) in [7, 11) is 0. The number of benzene rings is 1. The van der Waals surface area contributed by atoms with Crippen LogP contribution in [0.25, 0.3) is 0 Å². The van der Waals surface area contributed by atoms with Crippen LogP contribution in [0.15, 0.2) is 27.8 Å². The van der Waals surface area contributed by atoms with Crippen molar-refractivity contribution in [2.24, 2.45) is 10.9 Å². The second kappa shape index (κ2) is 5.50. The maximum atomic E-state index is 11.7. The first-order valence-electron chi connectivity index (χ1n) is 4.55. The van der Waals surface area contributed by atoms with Crippen molar-refractivity contribution in [3.63, 3.8) is 0 Å². The molecule has 0 saturated carbocycles. The van der Waals surface area contributed by atoms with Gasteiger partial charge in [0.25, 0.3) is 5.91 Å². The molecule has 16 heavy (non-hydrogen) atoms. The smallest absolute Gasteiger partial charge is 0.252 e. The molecule has 0 radical (unpaired) electrons. The second-order valence-electron chi connectivity index (χ2n) is 3.26. The van der Waals surface area contributed by atoms with Crippen LogP contribution in [0.1, 0.15) is 15.9 Å².